The number of ketones is 1. The minimum Gasteiger partial charge on any atom is -0.291 e. The quantitative estimate of drug-likeness (QED) is 0.657. The zero-order chi connectivity index (χ0) is 13.1. The number of rotatable bonds is 4. The van der Waals surface area contributed by atoms with Gasteiger partial charge >= 0.3 is 0 Å². The highest BCUT2D eigenvalue weighted by Crippen LogP contribution is 2.30. The lowest BCUT2D eigenvalue weighted by atomic mass is 10.2. The molecule has 1 aliphatic rings. The summed E-state index contributed by atoms with van der Waals surface area (Å²) >= 11 is 0. The van der Waals surface area contributed by atoms with E-state index in [4.69, 9.17) is 5.26 Å². The number of benzene rings is 1. The molecule has 6 heteroatoms. The molecule has 0 heterocycles. The van der Waals surface area contributed by atoms with E-state index in [1.807, 2.05) is 0 Å². The van der Waals surface area contributed by atoms with Crippen molar-refractivity contribution in [2.24, 2.45) is 11.0 Å². The van der Waals surface area contributed by atoms with Crippen molar-refractivity contribution in [2.75, 3.05) is 5.43 Å². The topological polar surface area (TPSA) is 65.2 Å². The van der Waals surface area contributed by atoms with E-state index < -0.39 is 11.6 Å². The maximum Gasteiger partial charge on any atom is 0.203 e. The van der Waals surface area contributed by atoms with Gasteiger partial charge in [0.25, 0.3) is 0 Å². The number of carbonyl (C=O) groups is 1. The molecular formula is C12H9F2N3O. The van der Waals surface area contributed by atoms with E-state index in [1.165, 1.54) is 6.07 Å². The normalized spacial score (nSPS) is 15.1. The van der Waals surface area contributed by atoms with Crippen LogP contribution in [0, 0.1) is 28.9 Å². The van der Waals surface area contributed by atoms with E-state index in [1.54, 1.807) is 6.07 Å². The Bertz CT molecular complexity index is 559. The third-order valence-corrected chi connectivity index (χ3v) is 2.50. The van der Waals surface area contributed by atoms with Gasteiger partial charge in [-0.2, -0.15) is 10.4 Å². The Morgan fingerprint density at radius 1 is 1.39 bits per heavy atom. The van der Waals surface area contributed by atoms with Crippen LogP contribution in [0.2, 0.25) is 0 Å². The van der Waals surface area contributed by atoms with Gasteiger partial charge in [-0.25, -0.2) is 8.78 Å². The molecule has 0 unspecified atom stereocenters. The number of hydrogen-bond donors (Lipinski definition) is 1. The number of hydrazone groups is 1. The Hall–Kier alpha value is -2.29. The van der Waals surface area contributed by atoms with Crippen LogP contribution >= 0.6 is 0 Å². The number of halogens is 2. The monoisotopic (exact) mass is 249 g/mol. The van der Waals surface area contributed by atoms with Crippen molar-refractivity contribution in [2.45, 2.75) is 12.8 Å². The number of nitrogens with one attached hydrogen (secondary N) is 1. The Balaban J connectivity index is 2.10. The fourth-order valence-electron chi connectivity index (χ4n) is 1.36. The van der Waals surface area contributed by atoms with E-state index in [9.17, 15) is 13.6 Å². The number of carbonyl (C=O) groups excluding carboxylic acids is 1. The van der Waals surface area contributed by atoms with Crippen molar-refractivity contribution in [3.8, 4) is 6.07 Å². The van der Waals surface area contributed by atoms with E-state index in [-0.39, 0.29) is 23.1 Å². The Morgan fingerprint density at radius 3 is 2.67 bits per heavy atom. The van der Waals surface area contributed by atoms with Gasteiger partial charge in [0.05, 0.1) is 5.69 Å². The Kier molecular flexibility index (Phi) is 3.33. The fraction of sp³-hybridized carbons (Fsp3) is 0.250. The molecule has 1 aromatic rings. The Morgan fingerprint density at radius 2 is 2.11 bits per heavy atom. The summed E-state index contributed by atoms with van der Waals surface area (Å²) in [5, 5.41) is 12.4. The molecule has 0 atom stereocenters. The second kappa shape index (κ2) is 4.92. The first-order chi connectivity index (χ1) is 8.61. The average Bonchev–Trinajstić information content (AvgIpc) is 3.18. The van der Waals surface area contributed by atoms with E-state index in [0.29, 0.717) is 0 Å². The molecule has 0 amide bonds. The molecule has 18 heavy (non-hydrogen) atoms. The zero-order valence-electron chi connectivity index (χ0n) is 9.28. The predicted molar refractivity (Wildman–Crippen MR) is 60.8 cm³/mol. The standard InChI is InChI=1S/C12H9F2N3O/c13-9-4-3-8(5-10(9)14)16-17-11(6-15)12(18)7-1-2-7/h3-5,7,16H,1-2H2/b17-11+. The highest BCUT2D eigenvalue weighted by Gasteiger charge is 2.33. The average molecular weight is 249 g/mol. The lowest BCUT2D eigenvalue weighted by Crippen LogP contribution is -2.15. The minimum atomic E-state index is -1.03. The largest absolute Gasteiger partial charge is 0.291 e. The molecule has 1 fully saturated rings. The fourth-order valence-corrected chi connectivity index (χ4v) is 1.36. The van der Waals surface area contributed by atoms with Crippen molar-refractivity contribution in [1.29, 1.82) is 5.26 Å². The summed E-state index contributed by atoms with van der Waals surface area (Å²) < 4.78 is 25.5. The Labute approximate surface area is 102 Å². The van der Waals surface area contributed by atoms with Gasteiger partial charge in [0.15, 0.2) is 17.4 Å². The minimum absolute atomic E-state index is 0.116. The summed E-state index contributed by atoms with van der Waals surface area (Å²) in [4.78, 5) is 11.6. The molecule has 1 N–H and O–H groups in total. The number of nitrogens with zero attached hydrogens (tertiary/aromatic N) is 2. The molecule has 1 saturated carbocycles. The van der Waals surface area contributed by atoms with E-state index >= 15 is 0 Å². The summed E-state index contributed by atoms with van der Waals surface area (Å²) in [6, 6.07) is 4.78. The predicted octanol–water partition coefficient (Wildman–Crippen LogP) is 2.24. The molecule has 1 aromatic carbocycles. The van der Waals surface area contributed by atoms with Crippen molar-refractivity contribution in [1.82, 2.24) is 0 Å². The van der Waals surface area contributed by atoms with Gasteiger partial charge in [0.2, 0.25) is 5.71 Å². The van der Waals surface area contributed by atoms with Crippen LogP contribution in [0.1, 0.15) is 12.8 Å². The molecular weight excluding hydrogens is 240 g/mol. The third kappa shape index (κ3) is 2.69. The van der Waals surface area contributed by atoms with Crippen LogP contribution in [0.4, 0.5) is 14.5 Å². The van der Waals surface area contributed by atoms with Crippen LogP contribution in [-0.4, -0.2) is 11.5 Å². The summed E-state index contributed by atoms with van der Waals surface area (Å²) in [6.07, 6.45) is 1.54. The lowest BCUT2D eigenvalue weighted by Gasteiger charge is -2.01. The van der Waals surface area contributed by atoms with Crippen LogP contribution in [0.15, 0.2) is 23.3 Å². The molecule has 0 aliphatic heterocycles. The smallest absolute Gasteiger partial charge is 0.203 e. The van der Waals surface area contributed by atoms with Crippen molar-refractivity contribution in [3.05, 3.63) is 29.8 Å². The van der Waals surface area contributed by atoms with Gasteiger partial charge in [-0.05, 0) is 25.0 Å². The molecule has 4 nitrogen and oxygen atoms in total. The van der Waals surface area contributed by atoms with E-state index in [0.717, 1.165) is 25.0 Å². The van der Waals surface area contributed by atoms with Crippen molar-refractivity contribution < 1.29 is 13.6 Å². The van der Waals surface area contributed by atoms with Gasteiger partial charge in [-0.15, -0.1) is 0 Å². The van der Waals surface area contributed by atoms with Crippen LogP contribution in [-0.2, 0) is 4.79 Å². The SMILES string of the molecule is N#C/C(=N\Nc1ccc(F)c(F)c1)C(=O)C1CC1. The lowest BCUT2D eigenvalue weighted by molar-refractivity contribution is -0.113. The summed E-state index contributed by atoms with van der Waals surface area (Å²) in [7, 11) is 0. The molecule has 0 saturated heterocycles. The van der Waals surface area contributed by atoms with Crippen LogP contribution < -0.4 is 5.43 Å². The number of anilines is 1. The molecule has 0 radical (unpaired) electrons. The molecule has 0 spiro atoms. The molecule has 0 aromatic heterocycles. The molecule has 0 bridgehead atoms. The van der Waals surface area contributed by atoms with Gasteiger partial charge in [0.1, 0.15) is 6.07 Å². The maximum absolute atomic E-state index is 12.9. The first-order valence-corrected chi connectivity index (χ1v) is 5.35. The second-order valence-electron chi connectivity index (χ2n) is 3.95. The van der Waals surface area contributed by atoms with Crippen LogP contribution in [0.25, 0.3) is 0 Å². The third-order valence-electron chi connectivity index (χ3n) is 2.50. The van der Waals surface area contributed by atoms with Crippen LogP contribution in [0.5, 0.6) is 0 Å². The van der Waals surface area contributed by atoms with Crippen molar-refractivity contribution in [3.63, 3.8) is 0 Å². The van der Waals surface area contributed by atoms with Crippen LogP contribution in [0.3, 0.4) is 0 Å². The molecule has 2 rings (SSSR count). The maximum atomic E-state index is 12.9. The van der Waals surface area contributed by atoms with Gasteiger partial charge in [-0.1, -0.05) is 0 Å². The molecule has 1 aliphatic carbocycles. The number of hydrogen-bond acceptors (Lipinski definition) is 4. The summed E-state index contributed by atoms with van der Waals surface area (Å²) in [5.74, 6) is -2.43. The highest BCUT2D eigenvalue weighted by atomic mass is 19.2. The van der Waals surface area contributed by atoms with Gasteiger partial charge in [-0.3, -0.25) is 10.2 Å². The highest BCUT2D eigenvalue weighted by molar-refractivity contribution is 6.47. The van der Waals surface area contributed by atoms with Crippen molar-refractivity contribution >= 4 is 17.2 Å². The second-order valence-corrected chi connectivity index (χ2v) is 3.95. The van der Waals surface area contributed by atoms with Gasteiger partial charge < -0.3 is 0 Å². The zero-order valence-corrected chi connectivity index (χ0v) is 9.28. The molecule has 92 valence electrons. The first kappa shape index (κ1) is 12.2. The first-order valence-electron chi connectivity index (χ1n) is 5.35. The summed E-state index contributed by atoms with van der Waals surface area (Å²) in [6.45, 7) is 0. The van der Waals surface area contributed by atoms with E-state index in [2.05, 4.69) is 10.5 Å². The summed E-state index contributed by atoms with van der Waals surface area (Å²) in [5.41, 5.74) is 2.29. The number of nitriles is 1. The number of Topliss-reactive ketones (excluding diaryl/α,β-unsaturated/α-hetero) is 1. The van der Waals surface area contributed by atoms with Gasteiger partial charge in [0, 0.05) is 12.0 Å².